The Morgan fingerprint density at radius 2 is 1.94 bits per heavy atom. The van der Waals surface area contributed by atoms with E-state index in [9.17, 15) is 0 Å². The van der Waals surface area contributed by atoms with Crippen LogP contribution in [0.1, 0.15) is 16.8 Å². The molecule has 3 nitrogen and oxygen atoms in total. The van der Waals surface area contributed by atoms with Crippen LogP contribution in [-0.4, -0.2) is 15.2 Å². The van der Waals surface area contributed by atoms with Gasteiger partial charge in [-0.05, 0) is 43.7 Å². The average molecular weight is 272 g/mol. The zero-order chi connectivity index (χ0) is 11.7. The summed E-state index contributed by atoms with van der Waals surface area (Å²) in [6.07, 6.45) is 0. The Labute approximate surface area is 107 Å². The van der Waals surface area contributed by atoms with Crippen molar-refractivity contribution in [2.24, 2.45) is 0 Å². The number of aromatic nitrogens is 3. The maximum atomic E-state index is 5.90. The first kappa shape index (κ1) is 11.8. The first-order chi connectivity index (χ1) is 7.58. The van der Waals surface area contributed by atoms with Gasteiger partial charge in [-0.2, -0.15) is 0 Å². The Balaban J connectivity index is 2.32. The Morgan fingerprint density at radius 3 is 2.56 bits per heavy atom. The molecule has 16 heavy (non-hydrogen) atoms. The van der Waals surface area contributed by atoms with Crippen molar-refractivity contribution in [3.05, 3.63) is 27.4 Å². The molecule has 6 heteroatoms. The SMILES string of the molecule is Cc1csc(Sc2nnc(Cl)c(C)c2C)n1. The maximum Gasteiger partial charge on any atom is 0.156 e. The van der Waals surface area contributed by atoms with Crippen molar-refractivity contribution < 1.29 is 0 Å². The molecule has 0 amide bonds. The quantitative estimate of drug-likeness (QED) is 0.836. The highest BCUT2D eigenvalue weighted by molar-refractivity contribution is 8.01. The predicted octanol–water partition coefficient (Wildman–Crippen LogP) is 3.66. The van der Waals surface area contributed by atoms with E-state index < -0.39 is 0 Å². The fourth-order valence-electron chi connectivity index (χ4n) is 1.11. The van der Waals surface area contributed by atoms with Crippen LogP contribution in [0.25, 0.3) is 0 Å². The van der Waals surface area contributed by atoms with Gasteiger partial charge in [0.15, 0.2) is 9.49 Å². The maximum absolute atomic E-state index is 5.90. The van der Waals surface area contributed by atoms with E-state index in [2.05, 4.69) is 15.2 Å². The molecule has 2 rings (SSSR count). The van der Waals surface area contributed by atoms with E-state index in [1.165, 1.54) is 11.8 Å². The fraction of sp³-hybridized carbons (Fsp3) is 0.300. The number of rotatable bonds is 2. The van der Waals surface area contributed by atoms with Gasteiger partial charge in [0.05, 0.1) is 0 Å². The summed E-state index contributed by atoms with van der Waals surface area (Å²) in [4.78, 5) is 4.38. The zero-order valence-corrected chi connectivity index (χ0v) is 11.5. The average Bonchev–Trinajstić information content (AvgIpc) is 2.65. The van der Waals surface area contributed by atoms with Gasteiger partial charge in [-0.3, -0.25) is 0 Å². The Hall–Kier alpha value is -0.650. The van der Waals surface area contributed by atoms with Crippen LogP contribution in [0.4, 0.5) is 0 Å². The van der Waals surface area contributed by atoms with Crippen molar-refractivity contribution >= 4 is 34.7 Å². The third-order valence-electron chi connectivity index (χ3n) is 2.20. The van der Waals surface area contributed by atoms with Crippen LogP contribution in [0.2, 0.25) is 5.15 Å². The molecule has 0 saturated carbocycles. The number of hydrogen-bond donors (Lipinski definition) is 0. The van der Waals surface area contributed by atoms with Crippen LogP contribution in [0.15, 0.2) is 14.7 Å². The molecule has 0 fully saturated rings. The summed E-state index contributed by atoms with van der Waals surface area (Å²) in [5.74, 6) is 0. The van der Waals surface area contributed by atoms with Crippen LogP contribution < -0.4 is 0 Å². The van der Waals surface area contributed by atoms with E-state index in [0.717, 1.165) is 26.2 Å². The highest BCUT2D eigenvalue weighted by atomic mass is 35.5. The number of nitrogens with zero attached hydrogens (tertiary/aromatic N) is 3. The third-order valence-corrected chi connectivity index (χ3v) is 4.70. The lowest BCUT2D eigenvalue weighted by molar-refractivity contribution is 0.890. The minimum absolute atomic E-state index is 0.470. The van der Waals surface area contributed by atoms with E-state index in [0.29, 0.717) is 5.15 Å². The van der Waals surface area contributed by atoms with Crippen LogP contribution >= 0.6 is 34.7 Å². The molecule has 0 saturated heterocycles. The molecule has 0 aliphatic heterocycles. The lowest BCUT2D eigenvalue weighted by atomic mass is 10.2. The summed E-state index contributed by atoms with van der Waals surface area (Å²) >= 11 is 9.04. The summed E-state index contributed by atoms with van der Waals surface area (Å²) in [5, 5.41) is 11.4. The predicted molar refractivity (Wildman–Crippen MR) is 67.5 cm³/mol. The number of hydrogen-bond acceptors (Lipinski definition) is 5. The molecule has 84 valence electrons. The van der Waals surface area contributed by atoms with Crippen molar-refractivity contribution in [2.45, 2.75) is 30.1 Å². The molecule has 0 unspecified atom stereocenters. The van der Waals surface area contributed by atoms with Crippen molar-refractivity contribution in [2.75, 3.05) is 0 Å². The second-order valence-electron chi connectivity index (χ2n) is 3.40. The van der Waals surface area contributed by atoms with Gasteiger partial charge in [0.25, 0.3) is 0 Å². The molecule has 0 bridgehead atoms. The Kier molecular flexibility index (Phi) is 3.47. The van der Waals surface area contributed by atoms with Crippen molar-refractivity contribution in [3.8, 4) is 0 Å². The number of aryl methyl sites for hydroxylation is 1. The largest absolute Gasteiger partial charge is 0.235 e. The minimum atomic E-state index is 0.470. The molecular weight excluding hydrogens is 262 g/mol. The second-order valence-corrected chi connectivity index (χ2v) is 5.85. The smallest absolute Gasteiger partial charge is 0.156 e. The minimum Gasteiger partial charge on any atom is -0.235 e. The number of halogens is 1. The molecular formula is C10H10ClN3S2. The summed E-state index contributed by atoms with van der Waals surface area (Å²) in [6, 6.07) is 0. The van der Waals surface area contributed by atoms with Crippen molar-refractivity contribution in [3.63, 3.8) is 0 Å². The molecule has 2 aromatic rings. The molecule has 0 spiro atoms. The summed E-state index contributed by atoms with van der Waals surface area (Å²) in [7, 11) is 0. The van der Waals surface area contributed by atoms with E-state index in [4.69, 9.17) is 11.6 Å². The standard InChI is InChI=1S/C10H10ClN3S2/c1-5-4-15-10(12-5)16-9-7(3)6(2)8(11)13-14-9/h4H,1-3H3. The molecule has 0 N–H and O–H groups in total. The molecule has 0 radical (unpaired) electrons. The summed E-state index contributed by atoms with van der Waals surface area (Å²) < 4.78 is 0.983. The lowest BCUT2D eigenvalue weighted by Gasteiger charge is -2.05. The highest BCUT2D eigenvalue weighted by Crippen LogP contribution is 2.32. The second kappa shape index (κ2) is 4.69. The Morgan fingerprint density at radius 1 is 1.19 bits per heavy atom. The zero-order valence-electron chi connectivity index (χ0n) is 9.11. The van der Waals surface area contributed by atoms with Crippen LogP contribution in [0.5, 0.6) is 0 Å². The van der Waals surface area contributed by atoms with Crippen molar-refractivity contribution in [1.82, 2.24) is 15.2 Å². The summed E-state index contributed by atoms with van der Waals surface area (Å²) in [5.41, 5.74) is 3.08. The van der Waals surface area contributed by atoms with Crippen molar-refractivity contribution in [1.29, 1.82) is 0 Å². The van der Waals surface area contributed by atoms with Crippen LogP contribution in [0.3, 0.4) is 0 Å². The van der Waals surface area contributed by atoms with E-state index in [1.54, 1.807) is 11.3 Å². The molecule has 0 aliphatic carbocycles. The van der Waals surface area contributed by atoms with Gasteiger partial charge in [-0.25, -0.2) is 4.98 Å². The molecule has 0 aromatic carbocycles. The van der Waals surface area contributed by atoms with Gasteiger partial charge >= 0.3 is 0 Å². The van der Waals surface area contributed by atoms with Gasteiger partial charge < -0.3 is 0 Å². The van der Waals surface area contributed by atoms with Gasteiger partial charge in [0.2, 0.25) is 0 Å². The molecule has 2 heterocycles. The fourth-order valence-corrected chi connectivity index (χ4v) is 3.13. The molecule has 0 aliphatic rings. The van der Waals surface area contributed by atoms with Crippen LogP contribution in [-0.2, 0) is 0 Å². The highest BCUT2D eigenvalue weighted by Gasteiger charge is 2.11. The molecule has 2 aromatic heterocycles. The first-order valence-electron chi connectivity index (χ1n) is 4.67. The van der Waals surface area contributed by atoms with Gasteiger partial charge in [-0.15, -0.1) is 21.5 Å². The number of thiazole rings is 1. The topological polar surface area (TPSA) is 38.7 Å². The van der Waals surface area contributed by atoms with Crippen LogP contribution in [0, 0.1) is 20.8 Å². The Bertz CT molecular complexity index is 525. The van der Waals surface area contributed by atoms with E-state index >= 15 is 0 Å². The van der Waals surface area contributed by atoms with E-state index in [1.807, 2.05) is 26.2 Å². The lowest BCUT2D eigenvalue weighted by Crippen LogP contribution is -1.94. The molecule has 0 atom stereocenters. The monoisotopic (exact) mass is 271 g/mol. The third kappa shape index (κ3) is 2.36. The summed E-state index contributed by atoms with van der Waals surface area (Å²) in [6.45, 7) is 5.93. The van der Waals surface area contributed by atoms with E-state index in [-0.39, 0.29) is 0 Å². The van der Waals surface area contributed by atoms with Gasteiger partial charge in [-0.1, -0.05) is 11.6 Å². The first-order valence-corrected chi connectivity index (χ1v) is 6.74. The van der Waals surface area contributed by atoms with Gasteiger partial charge in [0, 0.05) is 11.1 Å². The normalized spacial score (nSPS) is 10.8. The van der Waals surface area contributed by atoms with Gasteiger partial charge in [0.1, 0.15) is 5.03 Å².